The molecule has 0 aliphatic carbocycles. The van der Waals surface area contributed by atoms with Gasteiger partial charge in [-0.05, 0) is 276 Å². The summed E-state index contributed by atoms with van der Waals surface area (Å²) in [6.45, 7) is 55.2. The monoisotopic (exact) mass is 2530 g/mol. The smallest absolute Gasteiger partial charge is 0.0613 e. The first-order chi connectivity index (χ1) is 61.2. The van der Waals surface area contributed by atoms with Crippen molar-refractivity contribution in [3.05, 3.63) is 312 Å². The minimum Gasteiger partial charge on any atom is -0.393 e. The largest absolute Gasteiger partial charge is 0.393 e. The molecule has 134 heavy (non-hydrogen) atoms. The molecule has 4 aromatic heterocycles. The van der Waals surface area contributed by atoms with Gasteiger partial charge in [0.15, 0.2) is 0 Å². The Kier molecular flexibility index (Phi) is 58.2. The van der Waals surface area contributed by atoms with E-state index < -0.39 is 24.4 Å². The second-order valence-corrected chi connectivity index (χ2v) is 40.0. The molecule has 4 radical (unpaired) electrons. The van der Waals surface area contributed by atoms with Gasteiger partial charge in [-0.25, -0.2) is 0 Å². The van der Waals surface area contributed by atoms with Gasteiger partial charge in [-0.15, -0.1) is 144 Å². The zero-order valence-electron chi connectivity index (χ0n) is 84.7. The zero-order chi connectivity index (χ0) is 96.8. The Morgan fingerprint density at radius 3 is 0.731 bits per heavy atom. The molecule has 12 aromatic rings. The van der Waals surface area contributed by atoms with Crippen LogP contribution in [0, 0.1) is 119 Å². The van der Waals surface area contributed by atoms with E-state index in [0.29, 0.717) is 43.4 Å². The van der Waals surface area contributed by atoms with Crippen LogP contribution in [0.5, 0.6) is 0 Å². The van der Waals surface area contributed by atoms with E-state index in [9.17, 15) is 35.7 Å². The van der Waals surface area contributed by atoms with Gasteiger partial charge < -0.3 is 60.8 Å². The SMILES string of the molecule is CC(C)(C)C(O)CC(O)C(C)(C)C.CC(C)C(O)CC(O)C(C)C.CC(C)CC(O)CC(O)CC(C)C.CC(O)CC(O)C(C)(C)C.Cc1cccc(C)c1-c1ccnc(-c2[c-]cccc2)c1.Cc1cccc(C)c1-c1ccnc(-c2[c-]cccc2)c1.Cc1cccc(C)c1-c1ccnc(-c2[c-]cccc2)c1.Cc1cccc(CC(C)C)c1-c1ccnc(-c2[c-]cccc2)c1.[Ir].[Ir].[Ir].[Ir]. The van der Waals surface area contributed by atoms with Gasteiger partial charge in [0.2, 0.25) is 0 Å². The average molecular weight is 2530 g/mol. The van der Waals surface area contributed by atoms with Crippen LogP contribution in [0.25, 0.3) is 89.5 Å². The zero-order valence-corrected chi connectivity index (χ0v) is 94.3. The number of rotatable bonds is 24. The van der Waals surface area contributed by atoms with Crippen LogP contribution in [0.1, 0.15) is 222 Å². The van der Waals surface area contributed by atoms with Crippen molar-refractivity contribution >= 4 is 0 Å². The third kappa shape index (κ3) is 44.6. The van der Waals surface area contributed by atoms with E-state index in [1.807, 2.05) is 206 Å². The molecular weight excluding hydrogens is 2370 g/mol. The molecule has 16 heteroatoms. The molecule has 0 spiro atoms. The number of hydrogen-bond donors (Lipinski definition) is 8. The van der Waals surface area contributed by atoms with Crippen LogP contribution in [0.4, 0.5) is 0 Å². The molecule has 0 aliphatic heterocycles. The summed E-state index contributed by atoms with van der Waals surface area (Å²) < 4.78 is 0. The van der Waals surface area contributed by atoms with Crippen LogP contribution in [0.2, 0.25) is 0 Å². The Bertz CT molecular complexity index is 4810. The van der Waals surface area contributed by atoms with Gasteiger partial charge in [0.1, 0.15) is 0 Å². The number of nitrogens with zero attached hydrogens (tertiary/aromatic N) is 4. The molecule has 0 fully saturated rings. The van der Waals surface area contributed by atoms with Crippen LogP contribution < -0.4 is 0 Å². The first kappa shape index (κ1) is 125. The molecule has 0 saturated carbocycles. The second kappa shape index (κ2) is 62.6. The van der Waals surface area contributed by atoms with E-state index in [-0.39, 0.29) is 133 Å². The van der Waals surface area contributed by atoms with Crippen molar-refractivity contribution in [1.29, 1.82) is 0 Å². The second-order valence-electron chi connectivity index (χ2n) is 40.0. The summed E-state index contributed by atoms with van der Waals surface area (Å²) in [7, 11) is 0. The number of aliphatic hydroxyl groups excluding tert-OH is 8. The van der Waals surface area contributed by atoms with E-state index in [2.05, 4.69) is 262 Å². The topological polar surface area (TPSA) is 213 Å². The normalized spacial score (nSPS) is 12.8. The third-order valence-corrected chi connectivity index (χ3v) is 22.6. The van der Waals surface area contributed by atoms with Crippen molar-refractivity contribution in [2.75, 3.05) is 0 Å². The third-order valence-electron chi connectivity index (χ3n) is 22.6. The van der Waals surface area contributed by atoms with Crippen molar-refractivity contribution in [3.8, 4) is 89.5 Å². The summed E-state index contributed by atoms with van der Waals surface area (Å²) in [5.41, 5.74) is 28.2. The predicted octanol–water partition coefficient (Wildman–Crippen LogP) is 27.2. The van der Waals surface area contributed by atoms with E-state index in [1.54, 1.807) is 6.92 Å². The van der Waals surface area contributed by atoms with Crippen LogP contribution in [0.15, 0.2) is 243 Å². The molecule has 736 valence electrons. The fourth-order valence-corrected chi connectivity index (χ4v) is 14.7. The molecule has 8 N–H and O–H groups in total. The molecule has 8 aromatic carbocycles. The summed E-state index contributed by atoms with van der Waals surface area (Å²) in [5.74, 6) is 2.12. The standard InChI is InChI=1S/C22H22N.3C19H16N.2C11H24O2.C9H20O2.C8H18O2.4Ir/c1-16(2)14-19-11-7-8-17(3)22(19)20-12-13-23-21(15-20)18-9-5-4-6-10-18;3*1-14-7-6-8-15(2)19(14)17-11-12-20-18(13-17)16-9-4-3-5-10-16;1-10(2,3)8(12)7-9(13)11(4,5)6;1-8(2)5-10(12)7-11(13)6-9(3)4;1-6(2)8(10)5-9(11)7(3)4;1-6(9)5-7(10)8(2,3)4;;;;/h4-9,11-13,15-16H,14H2,1-3H3;3*3-9,11-13H,1-2H3;8-9,12-13H,7H2,1-6H3;8-13H,5-7H2,1-4H3;6-11H,5H2,1-4H3;6-7,9-10H,5H2,1-4H3;;;;/q4*-1;;;;;;;;. The first-order valence-corrected chi connectivity index (χ1v) is 46.6. The molecule has 12 rings (SSSR count). The summed E-state index contributed by atoms with van der Waals surface area (Å²) in [6.07, 6.45) is 8.99. The summed E-state index contributed by atoms with van der Waals surface area (Å²) in [6, 6.07) is 87.5. The molecule has 4 heterocycles. The molecule has 0 saturated heterocycles. The van der Waals surface area contributed by atoms with Gasteiger partial charge in [0.05, 0.1) is 48.8 Å². The Balaban J connectivity index is 0.000000775. The van der Waals surface area contributed by atoms with Crippen LogP contribution >= 0.6 is 0 Å². The van der Waals surface area contributed by atoms with Crippen molar-refractivity contribution in [1.82, 2.24) is 19.9 Å². The molecule has 8 unspecified atom stereocenters. The Morgan fingerprint density at radius 1 is 0.269 bits per heavy atom. The van der Waals surface area contributed by atoms with Crippen LogP contribution in [-0.4, -0.2) is 110 Å². The molecule has 0 bridgehead atoms. The van der Waals surface area contributed by atoms with Crippen molar-refractivity contribution in [2.24, 2.45) is 45.8 Å². The fourth-order valence-electron chi connectivity index (χ4n) is 14.7. The first-order valence-electron chi connectivity index (χ1n) is 46.6. The predicted molar refractivity (Wildman–Crippen MR) is 547 cm³/mol. The van der Waals surface area contributed by atoms with Gasteiger partial charge in [-0.3, -0.25) is 0 Å². The minimum atomic E-state index is -0.443. The number of hydrogen-bond acceptors (Lipinski definition) is 12. The average Bonchev–Trinajstić information content (AvgIpc) is 0.804. The Labute approximate surface area is 861 Å². The van der Waals surface area contributed by atoms with Gasteiger partial charge in [0, 0.05) is 112 Å². The van der Waals surface area contributed by atoms with Crippen molar-refractivity contribution < 1.29 is 121 Å². The maximum absolute atomic E-state index is 9.76. The Morgan fingerprint density at radius 2 is 0.515 bits per heavy atom. The maximum atomic E-state index is 9.76. The molecule has 8 atom stereocenters. The number of aromatic nitrogens is 4. The minimum absolute atomic E-state index is 0. The number of aliphatic hydroxyl groups is 8. The van der Waals surface area contributed by atoms with E-state index in [4.69, 9.17) is 5.11 Å². The molecule has 0 aliphatic rings. The Hall–Kier alpha value is -7.36. The molecular formula is C118H156Ir4N4O8-4. The van der Waals surface area contributed by atoms with Gasteiger partial charge in [-0.2, -0.15) is 0 Å². The van der Waals surface area contributed by atoms with Crippen LogP contribution in [0.3, 0.4) is 0 Å². The number of pyridine rings is 4. The number of benzene rings is 8. The van der Waals surface area contributed by atoms with Crippen molar-refractivity contribution in [3.63, 3.8) is 0 Å². The number of aryl methyl sites for hydroxylation is 7. The molecule has 0 amide bonds. The van der Waals surface area contributed by atoms with Crippen molar-refractivity contribution in [2.45, 2.75) is 281 Å². The summed E-state index contributed by atoms with van der Waals surface area (Å²) >= 11 is 0. The summed E-state index contributed by atoms with van der Waals surface area (Å²) in [4.78, 5) is 17.9. The maximum Gasteiger partial charge on any atom is 0.0613 e. The van der Waals surface area contributed by atoms with Gasteiger partial charge >= 0.3 is 0 Å². The quantitative estimate of drug-likeness (QED) is 0.0266. The van der Waals surface area contributed by atoms with E-state index >= 15 is 0 Å². The van der Waals surface area contributed by atoms with Gasteiger partial charge in [0.25, 0.3) is 0 Å². The molecule has 12 nitrogen and oxygen atoms in total. The van der Waals surface area contributed by atoms with E-state index in [1.165, 1.54) is 89.0 Å². The van der Waals surface area contributed by atoms with Crippen LogP contribution in [-0.2, 0) is 86.8 Å². The summed E-state index contributed by atoms with van der Waals surface area (Å²) in [5, 5.41) is 75.7. The fraction of sp³-hybridized carbons (Fsp3) is 0.424. The van der Waals surface area contributed by atoms with E-state index in [0.717, 1.165) is 64.3 Å². The van der Waals surface area contributed by atoms with Gasteiger partial charge in [-0.1, -0.05) is 229 Å².